The predicted molar refractivity (Wildman–Crippen MR) is 87.3 cm³/mol. The summed E-state index contributed by atoms with van der Waals surface area (Å²) in [5, 5.41) is 8.93. The second kappa shape index (κ2) is 10.1. The van der Waals surface area contributed by atoms with E-state index in [0.29, 0.717) is 19.3 Å². The van der Waals surface area contributed by atoms with Gasteiger partial charge in [0.2, 0.25) is 0 Å². The summed E-state index contributed by atoms with van der Waals surface area (Å²) < 4.78 is 5.76. The summed E-state index contributed by atoms with van der Waals surface area (Å²) >= 11 is 0. The number of piperidine rings is 1. The van der Waals surface area contributed by atoms with Crippen LogP contribution < -0.4 is 5.73 Å². The average molecular weight is 315 g/mol. The van der Waals surface area contributed by atoms with Gasteiger partial charge in [-0.05, 0) is 30.7 Å². The van der Waals surface area contributed by atoms with Gasteiger partial charge in [-0.1, -0.05) is 30.3 Å². The van der Waals surface area contributed by atoms with Crippen LogP contribution in [-0.2, 0) is 11.3 Å². The van der Waals surface area contributed by atoms with E-state index in [1.165, 1.54) is 5.56 Å². The molecule has 120 valence electrons. The van der Waals surface area contributed by atoms with Gasteiger partial charge in [0.15, 0.2) is 0 Å². The van der Waals surface area contributed by atoms with Gasteiger partial charge in [0.25, 0.3) is 0 Å². The number of aliphatic hydroxyl groups excluding tert-OH is 1. The minimum atomic E-state index is 0. The van der Waals surface area contributed by atoms with E-state index in [1.807, 2.05) is 18.2 Å². The number of nitrogens with zero attached hydrogens (tertiary/aromatic N) is 1. The molecule has 0 aliphatic carbocycles. The normalized spacial score (nSPS) is 18.2. The van der Waals surface area contributed by atoms with Crippen molar-refractivity contribution < 1.29 is 9.84 Å². The van der Waals surface area contributed by atoms with Gasteiger partial charge in [-0.15, -0.1) is 12.4 Å². The van der Waals surface area contributed by atoms with Crippen LogP contribution in [0.2, 0.25) is 0 Å². The molecule has 0 radical (unpaired) electrons. The van der Waals surface area contributed by atoms with Gasteiger partial charge in [0.05, 0.1) is 13.3 Å². The SMILES string of the molecule is Cl.NC(CCO)C1CCN(COCc2ccccc2)CC1. The number of hydrogen-bond acceptors (Lipinski definition) is 4. The number of aliphatic hydroxyl groups is 1. The van der Waals surface area contributed by atoms with Gasteiger partial charge < -0.3 is 15.6 Å². The lowest BCUT2D eigenvalue weighted by Crippen LogP contribution is -2.42. The predicted octanol–water partition coefficient (Wildman–Crippen LogP) is 2.00. The van der Waals surface area contributed by atoms with E-state index < -0.39 is 0 Å². The molecule has 0 bridgehead atoms. The molecule has 3 N–H and O–H groups in total. The number of ether oxygens (including phenoxy) is 1. The zero-order chi connectivity index (χ0) is 14.2. The first-order valence-electron chi connectivity index (χ1n) is 7.50. The summed E-state index contributed by atoms with van der Waals surface area (Å²) in [5.74, 6) is 0.549. The fraction of sp³-hybridized carbons (Fsp3) is 0.625. The molecule has 1 aliphatic heterocycles. The fourth-order valence-corrected chi connectivity index (χ4v) is 2.76. The number of benzene rings is 1. The molecule has 0 aromatic heterocycles. The van der Waals surface area contributed by atoms with Crippen LogP contribution in [0.5, 0.6) is 0 Å². The molecule has 1 atom stereocenters. The third-order valence-corrected chi connectivity index (χ3v) is 4.09. The summed E-state index contributed by atoms with van der Waals surface area (Å²) in [4.78, 5) is 2.34. The van der Waals surface area contributed by atoms with Gasteiger partial charge in [0.1, 0.15) is 0 Å². The lowest BCUT2D eigenvalue weighted by Gasteiger charge is -2.34. The first-order valence-corrected chi connectivity index (χ1v) is 7.50. The number of halogens is 1. The van der Waals surface area contributed by atoms with Crippen LogP contribution in [0.15, 0.2) is 30.3 Å². The van der Waals surface area contributed by atoms with Gasteiger partial charge in [0, 0.05) is 25.7 Å². The molecule has 0 spiro atoms. The van der Waals surface area contributed by atoms with E-state index in [-0.39, 0.29) is 25.1 Å². The van der Waals surface area contributed by atoms with Crippen LogP contribution in [0.3, 0.4) is 0 Å². The van der Waals surface area contributed by atoms with Crippen LogP contribution >= 0.6 is 12.4 Å². The van der Waals surface area contributed by atoms with Crippen molar-refractivity contribution in [1.82, 2.24) is 4.90 Å². The van der Waals surface area contributed by atoms with Gasteiger partial charge in [-0.3, -0.25) is 4.90 Å². The highest BCUT2D eigenvalue weighted by Gasteiger charge is 2.23. The Labute approximate surface area is 133 Å². The second-order valence-corrected chi connectivity index (χ2v) is 5.59. The molecular weight excluding hydrogens is 288 g/mol. The lowest BCUT2D eigenvalue weighted by atomic mass is 9.88. The highest BCUT2D eigenvalue weighted by Crippen LogP contribution is 2.21. The van der Waals surface area contributed by atoms with Crippen molar-refractivity contribution in [2.45, 2.75) is 31.9 Å². The molecule has 1 unspecified atom stereocenters. The van der Waals surface area contributed by atoms with Gasteiger partial charge >= 0.3 is 0 Å². The Kier molecular flexibility index (Phi) is 8.88. The van der Waals surface area contributed by atoms with Crippen molar-refractivity contribution in [2.75, 3.05) is 26.4 Å². The van der Waals surface area contributed by atoms with Crippen molar-refractivity contribution in [1.29, 1.82) is 0 Å². The Morgan fingerprint density at radius 2 is 1.90 bits per heavy atom. The zero-order valence-electron chi connectivity index (χ0n) is 12.5. The summed E-state index contributed by atoms with van der Waals surface area (Å²) in [6.45, 7) is 3.64. The van der Waals surface area contributed by atoms with Crippen molar-refractivity contribution in [3.05, 3.63) is 35.9 Å². The lowest BCUT2D eigenvalue weighted by molar-refractivity contribution is -0.000411. The molecule has 1 aromatic carbocycles. The number of rotatable bonds is 7. The monoisotopic (exact) mass is 314 g/mol. The highest BCUT2D eigenvalue weighted by molar-refractivity contribution is 5.85. The Balaban J connectivity index is 0.00000220. The van der Waals surface area contributed by atoms with E-state index in [1.54, 1.807) is 0 Å². The molecule has 5 heteroatoms. The van der Waals surface area contributed by atoms with Gasteiger partial charge in [-0.2, -0.15) is 0 Å². The molecule has 2 rings (SSSR count). The Morgan fingerprint density at radius 3 is 2.52 bits per heavy atom. The van der Waals surface area contributed by atoms with Crippen molar-refractivity contribution in [2.24, 2.45) is 11.7 Å². The molecular formula is C16H27ClN2O2. The van der Waals surface area contributed by atoms with Gasteiger partial charge in [-0.25, -0.2) is 0 Å². The molecule has 1 fully saturated rings. The quantitative estimate of drug-likeness (QED) is 0.808. The maximum atomic E-state index is 8.93. The molecule has 0 saturated carbocycles. The van der Waals surface area contributed by atoms with Crippen molar-refractivity contribution in [3.63, 3.8) is 0 Å². The van der Waals surface area contributed by atoms with Crippen LogP contribution in [-0.4, -0.2) is 42.5 Å². The smallest absolute Gasteiger partial charge is 0.0994 e. The molecule has 1 aliphatic rings. The first-order chi connectivity index (χ1) is 9.79. The number of nitrogens with two attached hydrogens (primary N) is 1. The summed E-state index contributed by atoms with van der Waals surface area (Å²) in [5.41, 5.74) is 7.29. The molecule has 1 aromatic rings. The average Bonchev–Trinajstić information content (AvgIpc) is 2.49. The highest BCUT2D eigenvalue weighted by atomic mass is 35.5. The molecule has 1 heterocycles. The van der Waals surface area contributed by atoms with E-state index in [0.717, 1.165) is 32.4 Å². The van der Waals surface area contributed by atoms with Crippen molar-refractivity contribution in [3.8, 4) is 0 Å². The van der Waals surface area contributed by atoms with E-state index in [4.69, 9.17) is 15.6 Å². The van der Waals surface area contributed by atoms with E-state index >= 15 is 0 Å². The maximum Gasteiger partial charge on any atom is 0.0994 e. The second-order valence-electron chi connectivity index (χ2n) is 5.59. The van der Waals surface area contributed by atoms with Crippen LogP contribution in [0.25, 0.3) is 0 Å². The Morgan fingerprint density at radius 1 is 1.24 bits per heavy atom. The minimum absolute atomic E-state index is 0. The van der Waals surface area contributed by atoms with Crippen LogP contribution in [0, 0.1) is 5.92 Å². The molecule has 1 saturated heterocycles. The Bertz CT molecular complexity index is 370. The standard InChI is InChI=1S/C16H26N2O2.ClH/c17-16(8-11-19)15-6-9-18(10-7-15)13-20-12-14-4-2-1-3-5-14;/h1-5,15-16,19H,6-13,17H2;1H. The summed E-state index contributed by atoms with van der Waals surface area (Å²) in [7, 11) is 0. The third kappa shape index (κ3) is 6.32. The van der Waals surface area contributed by atoms with Crippen LogP contribution in [0.1, 0.15) is 24.8 Å². The number of likely N-dealkylation sites (tertiary alicyclic amines) is 1. The summed E-state index contributed by atoms with van der Waals surface area (Å²) in [6.07, 6.45) is 2.93. The van der Waals surface area contributed by atoms with Crippen LogP contribution in [0.4, 0.5) is 0 Å². The molecule has 0 amide bonds. The van der Waals surface area contributed by atoms with Crippen molar-refractivity contribution >= 4 is 12.4 Å². The summed E-state index contributed by atoms with van der Waals surface area (Å²) in [6, 6.07) is 10.4. The Hall–Kier alpha value is -0.650. The third-order valence-electron chi connectivity index (χ3n) is 4.09. The zero-order valence-corrected chi connectivity index (χ0v) is 13.3. The molecule has 4 nitrogen and oxygen atoms in total. The maximum absolute atomic E-state index is 8.93. The first kappa shape index (κ1) is 18.4. The topological polar surface area (TPSA) is 58.7 Å². The number of hydrogen-bond donors (Lipinski definition) is 2. The fourth-order valence-electron chi connectivity index (χ4n) is 2.76. The minimum Gasteiger partial charge on any atom is -0.396 e. The van der Waals surface area contributed by atoms with E-state index in [2.05, 4.69) is 17.0 Å². The molecule has 21 heavy (non-hydrogen) atoms. The largest absolute Gasteiger partial charge is 0.396 e. The van der Waals surface area contributed by atoms with E-state index in [9.17, 15) is 0 Å².